The molecule has 0 bridgehead atoms. The zero-order chi connectivity index (χ0) is 26.2. The van der Waals surface area contributed by atoms with Crippen LogP contribution in [-0.4, -0.2) is 66.7 Å². The molecule has 0 aliphatic rings. The summed E-state index contributed by atoms with van der Waals surface area (Å²) < 4.78 is 88.3. The second kappa shape index (κ2) is 9.41. The van der Waals surface area contributed by atoms with E-state index in [4.69, 9.17) is 0 Å². The van der Waals surface area contributed by atoms with Crippen molar-refractivity contribution in [1.29, 1.82) is 0 Å². The van der Waals surface area contributed by atoms with Gasteiger partial charge in [0.25, 0.3) is 0 Å². The smallest absolute Gasteiger partial charge is 0.337 e. The minimum Gasteiger partial charge on any atom is -0.337 e. The molecule has 0 radical (unpaired) electrons. The Hall–Kier alpha value is -3.27. The number of fused-ring (bicyclic) bond motifs is 1. The Morgan fingerprint density at radius 3 is 2.43 bits per heavy atom. The van der Waals surface area contributed by atoms with Gasteiger partial charge in [0.1, 0.15) is 27.0 Å². The third-order valence-electron chi connectivity index (χ3n) is 4.84. The number of aryl methyl sites for hydroxylation is 1. The number of amides is 2. The molecule has 0 saturated heterocycles. The first-order valence-corrected chi connectivity index (χ1v) is 13.7. The van der Waals surface area contributed by atoms with Crippen molar-refractivity contribution in [1.82, 2.24) is 24.8 Å². The van der Waals surface area contributed by atoms with Crippen LogP contribution >= 0.6 is 0 Å². The van der Waals surface area contributed by atoms with Crippen LogP contribution in [0.15, 0.2) is 29.3 Å². The number of hydrogen-bond acceptors (Lipinski definition) is 8. The van der Waals surface area contributed by atoms with Crippen molar-refractivity contribution in [2.24, 2.45) is 7.05 Å². The summed E-state index contributed by atoms with van der Waals surface area (Å²) in [6.45, 7) is 1.24. The summed E-state index contributed by atoms with van der Waals surface area (Å²) in [7, 11) is -5.69. The predicted octanol–water partition coefficient (Wildman–Crippen LogP) is 2.01. The highest BCUT2D eigenvalue weighted by molar-refractivity contribution is 7.91. The van der Waals surface area contributed by atoms with Crippen LogP contribution in [0.4, 0.5) is 23.8 Å². The molecule has 35 heavy (non-hydrogen) atoms. The standard InChI is InChI=1S/C19H21F3N6O5S2/c1-4-35(32,33)13-5-6-15(27-18(29)23-7-8-34(3,30)31)26-16(13)17-25-11-9-14(19(20,21)22)24-10-12(11)28(17)2/h5-6,9-10H,4,7-8H2,1-3H3,(H2,23,26,27,29). The summed E-state index contributed by atoms with van der Waals surface area (Å²) >= 11 is 0. The number of nitrogens with one attached hydrogen (secondary N) is 2. The molecule has 0 aliphatic carbocycles. The van der Waals surface area contributed by atoms with Gasteiger partial charge in [-0.3, -0.25) is 5.32 Å². The molecular formula is C19H21F3N6O5S2. The lowest BCUT2D eigenvalue weighted by Crippen LogP contribution is -2.33. The van der Waals surface area contributed by atoms with Crippen LogP contribution in [0.3, 0.4) is 0 Å². The Labute approximate surface area is 198 Å². The fourth-order valence-corrected chi connectivity index (χ4v) is 4.54. The van der Waals surface area contributed by atoms with Crippen molar-refractivity contribution in [3.8, 4) is 11.5 Å². The lowest BCUT2D eigenvalue weighted by Gasteiger charge is -2.12. The average Bonchev–Trinajstić information content (AvgIpc) is 3.08. The number of anilines is 1. The highest BCUT2D eigenvalue weighted by Crippen LogP contribution is 2.32. The number of carbonyl (C=O) groups is 1. The second-order valence-corrected chi connectivity index (χ2v) is 12.0. The number of urea groups is 1. The summed E-state index contributed by atoms with van der Waals surface area (Å²) in [5.41, 5.74) is -1.23. The molecule has 0 aromatic carbocycles. The van der Waals surface area contributed by atoms with E-state index in [1.807, 2.05) is 0 Å². The van der Waals surface area contributed by atoms with Gasteiger partial charge in [-0.25, -0.2) is 36.6 Å². The SMILES string of the molecule is CCS(=O)(=O)c1ccc(NC(=O)NCCS(C)(=O)=O)nc1-c1nc2cc(C(F)(F)F)ncc2n1C. The van der Waals surface area contributed by atoms with Crippen molar-refractivity contribution in [2.45, 2.75) is 18.0 Å². The van der Waals surface area contributed by atoms with Crippen LogP contribution in [0.2, 0.25) is 0 Å². The summed E-state index contributed by atoms with van der Waals surface area (Å²) in [6, 6.07) is 2.38. The number of nitrogens with zero attached hydrogens (tertiary/aromatic N) is 4. The molecule has 190 valence electrons. The Bertz CT molecular complexity index is 1500. The van der Waals surface area contributed by atoms with E-state index in [2.05, 4.69) is 25.6 Å². The third-order valence-corrected chi connectivity index (χ3v) is 7.55. The number of halogens is 3. The molecule has 16 heteroatoms. The molecule has 3 heterocycles. The first-order valence-electron chi connectivity index (χ1n) is 9.99. The van der Waals surface area contributed by atoms with Crippen LogP contribution in [0.25, 0.3) is 22.6 Å². The summed E-state index contributed by atoms with van der Waals surface area (Å²) in [5, 5.41) is 4.70. The Morgan fingerprint density at radius 2 is 1.83 bits per heavy atom. The topological polar surface area (TPSA) is 153 Å². The maximum Gasteiger partial charge on any atom is 0.433 e. The first-order chi connectivity index (χ1) is 16.1. The molecule has 0 fully saturated rings. The molecule has 11 nitrogen and oxygen atoms in total. The zero-order valence-corrected chi connectivity index (χ0v) is 20.3. The van der Waals surface area contributed by atoms with Gasteiger partial charge in [-0.15, -0.1) is 0 Å². The van der Waals surface area contributed by atoms with Crippen LogP contribution in [0, 0.1) is 0 Å². The number of rotatable bonds is 7. The van der Waals surface area contributed by atoms with E-state index in [-0.39, 0.29) is 51.3 Å². The van der Waals surface area contributed by atoms with E-state index in [1.165, 1.54) is 30.7 Å². The molecule has 0 saturated carbocycles. The van der Waals surface area contributed by atoms with Gasteiger partial charge in [0.15, 0.2) is 15.7 Å². The van der Waals surface area contributed by atoms with Gasteiger partial charge in [-0.2, -0.15) is 13.2 Å². The molecule has 2 amide bonds. The van der Waals surface area contributed by atoms with E-state index in [1.54, 1.807) is 0 Å². The van der Waals surface area contributed by atoms with Crippen LogP contribution in [0.5, 0.6) is 0 Å². The largest absolute Gasteiger partial charge is 0.433 e. The van der Waals surface area contributed by atoms with Crippen molar-refractivity contribution < 1.29 is 34.8 Å². The number of pyridine rings is 2. The van der Waals surface area contributed by atoms with Crippen molar-refractivity contribution in [2.75, 3.05) is 29.6 Å². The quantitative estimate of drug-likeness (QED) is 0.467. The van der Waals surface area contributed by atoms with Gasteiger partial charge < -0.3 is 9.88 Å². The molecule has 3 rings (SSSR count). The van der Waals surface area contributed by atoms with Gasteiger partial charge >= 0.3 is 12.2 Å². The molecule has 3 aromatic rings. The van der Waals surface area contributed by atoms with Gasteiger partial charge in [0.05, 0.1) is 33.6 Å². The Balaban J connectivity index is 2.06. The Kier molecular flexibility index (Phi) is 7.08. The molecule has 3 aromatic heterocycles. The Morgan fingerprint density at radius 1 is 1.14 bits per heavy atom. The van der Waals surface area contributed by atoms with Crippen LogP contribution < -0.4 is 10.6 Å². The van der Waals surface area contributed by atoms with Gasteiger partial charge in [0.2, 0.25) is 0 Å². The first kappa shape index (κ1) is 26.3. The number of carbonyl (C=O) groups excluding carboxylic acids is 1. The number of hydrogen-bond donors (Lipinski definition) is 2. The van der Waals surface area contributed by atoms with Crippen LogP contribution in [0.1, 0.15) is 12.6 Å². The van der Waals surface area contributed by atoms with Crippen molar-refractivity contribution >= 4 is 42.6 Å². The van der Waals surface area contributed by atoms with E-state index >= 15 is 0 Å². The van der Waals surface area contributed by atoms with Crippen LogP contribution in [-0.2, 0) is 32.9 Å². The molecule has 0 unspecified atom stereocenters. The third kappa shape index (κ3) is 6.05. The summed E-state index contributed by atoms with van der Waals surface area (Å²) in [5.74, 6) is -0.729. The minimum atomic E-state index is -4.70. The summed E-state index contributed by atoms with van der Waals surface area (Å²) in [4.78, 5) is 23.6. The normalized spacial score (nSPS) is 12.6. The van der Waals surface area contributed by atoms with E-state index in [9.17, 15) is 34.8 Å². The number of imidazole rings is 1. The highest BCUT2D eigenvalue weighted by atomic mass is 32.2. The lowest BCUT2D eigenvalue weighted by molar-refractivity contribution is -0.141. The molecule has 0 atom stereocenters. The van der Waals surface area contributed by atoms with Gasteiger partial charge in [-0.1, -0.05) is 6.92 Å². The molecular weight excluding hydrogens is 513 g/mol. The maximum absolute atomic E-state index is 13.1. The van der Waals surface area contributed by atoms with Gasteiger partial charge in [-0.05, 0) is 18.2 Å². The van der Waals surface area contributed by atoms with Gasteiger partial charge in [0, 0.05) is 19.8 Å². The number of alkyl halides is 3. The monoisotopic (exact) mass is 534 g/mol. The number of sulfone groups is 2. The van der Waals surface area contributed by atoms with E-state index in [0.29, 0.717) is 0 Å². The maximum atomic E-state index is 13.1. The predicted molar refractivity (Wildman–Crippen MR) is 121 cm³/mol. The fourth-order valence-electron chi connectivity index (χ4n) is 3.05. The highest BCUT2D eigenvalue weighted by Gasteiger charge is 2.33. The molecule has 0 aliphatic heterocycles. The lowest BCUT2D eigenvalue weighted by atomic mass is 10.3. The minimum absolute atomic E-state index is 0.0608. The zero-order valence-electron chi connectivity index (χ0n) is 18.7. The van der Waals surface area contributed by atoms with E-state index < -0.39 is 37.6 Å². The fraction of sp³-hybridized carbons (Fsp3) is 0.368. The number of aromatic nitrogens is 4. The second-order valence-electron chi connectivity index (χ2n) is 7.51. The summed E-state index contributed by atoms with van der Waals surface area (Å²) in [6.07, 6.45) is -2.72. The average molecular weight is 535 g/mol. The van der Waals surface area contributed by atoms with Crippen molar-refractivity contribution in [3.63, 3.8) is 0 Å². The molecule has 2 N–H and O–H groups in total. The molecule has 0 spiro atoms. The van der Waals surface area contributed by atoms with Crippen molar-refractivity contribution in [3.05, 3.63) is 30.1 Å². The van der Waals surface area contributed by atoms with E-state index in [0.717, 1.165) is 18.5 Å².